The molecule has 1 heterocycles. The van der Waals surface area contributed by atoms with Gasteiger partial charge in [-0.3, -0.25) is 0 Å². The number of nitrogens with zero attached hydrogens (tertiary/aromatic N) is 1. The van der Waals surface area contributed by atoms with Crippen LogP contribution < -0.4 is 0 Å². The zero-order valence-corrected chi connectivity index (χ0v) is 15.0. The second kappa shape index (κ2) is 6.87. The van der Waals surface area contributed by atoms with E-state index in [0.717, 1.165) is 5.56 Å². The second-order valence-corrected chi connectivity index (χ2v) is 6.59. The molecule has 4 rings (SSSR count). The molecule has 0 aliphatic carbocycles. The van der Waals surface area contributed by atoms with Crippen LogP contribution in [0, 0.1) is 0 Å². The summed E-state index contributed by atoms with van der Waals surface area (Å²) < 4.78 is 5.90. The molecule has 5 heteroatoms. The normalized spacial score (nSPS) is 11.8. The lowest BCUT2D eigenvalue weighted by molar-refractivity contribution is 0.461. The molecular formula is C21H13Cl2NO2. The van der Waals surface area contributed by atoms with E-state index in [4.69, 9.17) is 27.6 Å². The van der Waals surface area contributed by atoms with Gasteiger partial charge in [0.1, 0.15) is 11.3 Å². The fourth-order valence-corrected chi connectivity index (χ4v) is 2.94. The molecule has 0 unspecified atom stereocenters. The quantitative estimate of drug-likeness (QED) is 0.405. The number of para-hydroxylation sites is 1. The minimum atomic E-state index is 0.0586. The summed E-state index contributed by atoms with van der Waals surface area (Å²) >= 11 is 12.0. The van der Waals surface area contributed by atoms with Crippen LogP contribution in [0.2, 0.25) is 10.0 Å². The van der Waals surface area contributed by atoms with Gasteiger partial charge < -0.3 is 9.52 Å². The molecule has 1 N–H and O–H groups in total. The van der Waals surface area contributed by atoms with Crippen molar-refractivity contribution in [3.8, 4) is 5.75 Å². The Morgan fingerprint density at radius 3 is 2.08 bits per heavy atom. The van der Waals surface area contributed by atoms with Gasteiger partial charge in [0.05, 0.1) is 11.1 Å². The van der Waals surface area contributed by atoms with E-state index in [1.54, 1.807) is 48.5 Å². The van der Waals surface area contributed by atoms with E-state index in [9.17, 15) is 5.11 Å². The number of fused-ring (bicyclic) bond motifs is 1. The van der Waals surface area contributed by atoms with Gasteiger partial charge in [-0.25, -0.2) is 4.99 Å². The van der Waals surface area contributed by atoms with Gasteiger partial charge in [-0.2, -0.15) is 0 Å². The van der Waals surface area contributed by atoms with E-state index in [2.05, 4.69) is 4.99 Å². The van der Waals surface area contributed by atoms with Gasteiger partial charge in [-0.15, -0.1) is 0 Å². The van der Waals surface area contributed by atoms with Crippen LogP contribution in [0.5, 0.6) is 5.75 Å². The van der Waals surface area contributed by atoms with Crippen molar-refractivity contribution in [3.63, 3.8) is 0 Å². The number of hydrogen-bond acceptors (Lipinski definition) is 3. The molecule has 0 aliphatic heterocycles. The molecule has 26 heavy (non-hydrogen) atoms. The van der Waals surface area contributed by atoms with Crippen LogP contribution in [0.4, 0.5) is 5.69 Å². The number of hydrogen-bond donors (Lipinski definition) is 1. The van der Waals surface area contributed by atoms with Gasteiger partial charge in [-0.1, -0.05) is 47.5 Å². The van der Waals surface area contributed by atoms with E-state index in [0.29, 0.717) is 38.2 Å². The molecule has 3 aromatic carbocycles. The van der Waals surface area contributed by atoms with Crippen molar-refractivity contribution in [2.75, 3.05) is 0 Å². The van der Waals surface area contributed by atoms with Crippen molar-refractivity contribution in [3.05, 3.63) is 94.2 Å². The van der Waals surface area contributed by atoms with Gasteiger partial charge in [0.25, 0.3) is 0 Å². The zero-order valence-electron chi connectivity index (χ0n) is 13.5. The zero-order chi connectivity index (χ0) is 18.1. The second-order valence-electron chi connectivity index (χ2n) is 5.72. The lowest BCUT2D eigenvalue weighted by atomic mass is 10.1. The molecule has 0 amide bonds. The molecule has 0 saturated heterocycles. The summed E-state index contributed by atoms with van der Waals surface area (Å²) in [5.74, 6) is 0.367. The first-order chi connectivity index (χ1) is 12.6. The number of furan rings is 1. The van der Waals surface area contributed by atoms with E-state index in [1.165, 1.54) is 0 Å². The molecule has 4 aromatic rings. The summed E-state index contributed by atoms with van der Waals surface area (Å²) in [6.07, 6.45) is 0. The van der Waals surface area contributed by atoms with Crippen molar-refractivity contribution in [1.29, 1.82) is 0 Å². The number of rotatable bonds is 3. The largest absolute Gasteiger partial charge is 0.504 e. The molecular weight excluding hydrogens is 369 g/mol. The fraction of sp³-hybridized carbons (Fsp3) is 0. The van der Waals surface area contributed by atoms with E-state index in [1.807, 2.05) is 24.3 Å². The first kappa shape index (κ1) is 16.7. The van der Waals surface area contributed by atoms with Crippen LogP contribution in [0.3, 0.4) is 0 Å². The lowest BCUT2D eigenvalue weighted by Gasteiger charge is -2.06. The van der Waals surface area contributed by atoms with Crippen molar-refractivity contribution >= 4 is 45.6 Å². The predicted octanol–water partition coefficient (Wildman–Crippen LogP) is 6.61. The minimum Gasteiger partial charge on any atom is -0.504 e. The Morgan fingerprint density at radius 2 is 1.42 bits per heavy atom. The van der Waals surface area contributed by atoms with Crippen LogP contribution in [-0.4, -0.2) is 10.8 Å². The maximum absolute atomic E-state index is 10.7. The molecule has 3 nitrogen and oxygen atoms in total. The van der Waals surface area contributed by atoms with Crippen LogP contribution in [0.25, 0.3) is 11.0 Å². The van der Waals surface area contributed by atoms with E-state index in [-0.39, 0.29) is 5.75 Å². The molecule has 0 aliphatic rings. The van der Waals surface area contributed by atoms with Gasteiger partial charge in [0, 0.05) is 15.6 Å². The van der Waals surface area contributed by atoms with Gasteiger partial charge >= 0.3 is 0 Å². The Labute approximate surface area is 160 Å². The molecule has 128 valence electrons. The Balaban J connectivity index is 1.93. The monoisotopic (exact) mass is 381 g/mol. The fourth-order valence-electron chi connectivity index (χ4n) is 2.69. The van der Waals surface area contributed by atoms with Gasteiger partial charge in [0.15, 0.2) is 11.5 Å². The van der Waals surface area contributed by atoms with Crippen LogP contribution in [-0.2, 0) is 0 Å². The highest BCUT2D eigenvalue weighted by molar-refractivity contribution is 6.31. The predicted molar refractivity (Wildman–Crippen MR) is 106 cm³/mol. The van der Waals surface area contributed by atoms with Crippen LogP contribution in [0.1, 0.15) is 11.3 Å². The third kappa shape index (κ3) is 3.19. The minimum absolute atomic E-state index is 0.0586. The highest BCUT2D eigenvalue weighted by Gasteiger charge is 2.20. The molecule has 0 radical (unpaired) electrons. The Morgan fingerprint density at radius 1 is 0.808 bits per heavy atom. The van der Waals surface area contributed by atoms with Gasteiger partial charge in [0.2, 0.25) is 0 Å². The average molecular weight is 382 g/mol. The molecule has 0 fully saturated rings. The third-order valence-electron chi connectivity index (χ3n) is 3.97. The molecule has 0 atom stereocenters. The maximum Gasteiger partial charge on any atom is 0.196 e. The lowest BCUT2D eigenvalue weighted by Crippen LogP contribution is -2.02. The molecule has 0 saturated carbocycles. The first-order valence-electron chi connectivity index (χ1n) is 7.93. The van der Waals surface area contributed by atoms with E-state index >= 15 is 0 Å². The summed E-state index contributed by atoms with van der Waals surface area (Å²) in [5, 5.41) is 12.6. The first-order valence-corrected chi connectivity index (χ1v) is 8.68. The average Bonchev–Trinajstić information content (AvgIpc) is 2.99. The van der Waals surface area contributed by atoms with Crippen LogP contribution >= 0.6 is 23.2 Å². The third-order valence-corrected chi connectivity index (χ3v) is 4.47. The molecule has 0 bridgehead atoms. The summed E-state index contributed by atoms with van der Waals surface area (Å²) in [6.45, 7) is 0. The van der Waals surface area contributed by atoms with E-state index < -0.39 is 0 Å². The summed E-state index contributed by atoms with van der Waals surface area (Å²) in [6, 6.07) is 21.7. The standard InChI is InChI=1S/C21H13Cl2NO2/c22-14-7-5-13(6-8-14)19(24-16-11-9-15(23)10-12-16)21-20(25)17-3-1-2-4-18(17)26-21/h1-12,25H. The Kier molecular flexibility index (Phi) is 4.41. The maximum atomic E-state index is 10.7. The van der Waals surface area contributed by atoms with Crippen molar-refractivity contribution in [2.45, 2.75) is 0 Å². The smallest absolute Gasteiger partial charge is 0.196 e. The number of halogens is 2. The highest BCUT2D eigenvalue weighted by Crippen LogP contribution is 2.34. The van der Waals surface area contributed by atoms with Crippen LogP contribution in [0.15, 0.2) is 82.2 Å². The van der Waals surface area contributed by atoms with Crippen molar-refractivity contribution < 1.29 is 9.52 Å². The van der Waals surface area contributed by atoms with Gasteiger partial charge in [-0.05, 0) is 48.5 Å². The topological polar surface area (TPSA) is 45.7 Å². The van der Waals surface area contributed by atoms with Crippen molar-refractivity contribution in [2.24, 2.45) is 4.99 Å². The number of aromatic hydroxyl groups is 1. The number of aliphatic imine (C=N–C) groups is 1. The molecule has 1 aromatic heterocycles. The highest BCUT2D eigenvalue weighted by atomic mass is 35.5. The molecule has 0 spiro atoms. The summed E-state index contributed by atoms with van der Waals surface area (Å²) in [7, 11) is 0. The Bertz CT molecular complexity index is 1100. The SMILES string of the molecule is Oc1c(C(=Nc2ccc(Cl)cc2)c2ccc(Cl)cc2)oc2ccccc12. The Hall–Kier alpha value is -2.75. The number of benzene rings is 3. The van der Waals surface area contributed by atoms with Crippen molar-refractivity contribution in [1.82, 2.24) is 0 Å². The summed E-state index contributed by atoms with van der Waals surface area (Å²) in [4.78, 5) is 4.69. The summed E-state index contributed by atoms with van der Waals surface area (Å²) in [5.41, 5.74) is 2.58.